The number of hydrogen-bond acceptors (Lipinski definition) is 2. The Balaban J connectivity index is 1.18. The van der Waals surface area contributed by atoms with Crippen molar-refractivity contribution in [3.8, 4) is 11.1 Å². The van der Waals surface area contributed by atoms with E-state index < -0.39 is 0 Å². The van der Waals surface area contributed by atoms with E-state index in [-0.39, 0.29) is 12.1 Å². The normalized spacial score (nSPS) is 12.9. The maximum absolute atomic E-state index is 5.83. The van der Waals surface area contributed by atoms with Crippen molar-refractivity contribution >= 4 is 11.3 Å². The Morgan fingerprint density at radius 2 is 1.11 bits per heavy atom. The van der Waals surface area contributed by atoms with Gasteiger partial charge in [-0.1, -0.05) is 140 Å². The molecule has 2 heteroatoms. The Morgan fingerprint density at radius 3 is 1.64 bits per heavy atom. The molecular formula is C42H44N2. The minimum absolute atomic E-state index is 0.0540. The molecule has 0 saturated heterocycles. The Bertz CT molecular complexity index is 1630. The van der Waals surface area contributed by atoms with E-state index in [1.165, 1.54) is 57.4 Å². The van der Waals surface area contributed by atoms with Crippen LogP contribution in [0.1, 0.15) is 66.6 Å². The topological polar surface area (TPSA) is 38.0 Å². The fourth-order valence-corrected chi connectivity index (χ4v) is 5.73. The number of allylic oxidation sites excluding steroid dienone is 1. The summed E-state index contributed by atoms with van der Waals surface area (Å²) in [5, 5.41) is 3.88. The highest BCUT2D eigenvalue weighted by atomic mass is 14.9. The Labute approximate surface area is 264 Å². The first kappa shape index (κ1) is 30.8. The highest BCUT2D eigenvalue weighted by Gasteiger charge is 2.18. The van der Waals surface area contributed by atoms with Crippen molar-refractivity contribution < 1.29 is 0 Å². The van der Waals surface area contributed by atoms with Crippen LogP contribution < -0.4 is 11.1 Å². The lowest BCUT2D eigenvalue weighted by Gasteiger charge is -2.26. The highest BCUT2D eigenvalue weighted by molar-refractivity contribution is 5.66. The summed E-state index contributed by atoms with van der Waals surface area (Å²) in [5.74, 6) is 0. The molecular weight excluding hydrogens is 532 g/mol. The molecule has 0 heterocycles. The van der Waals surface area contributed by atoms with Gasteiger partial charge in [-0.25, -0.2) is 0 Å². The van der Waals surface area contributed by atoms with Crippen molar-refractivity contribution in [2.45, 2.75) is 51.6 Å². The zero-order valence-corrected chi connectivity index (χ0v) is 26.0. The first-order valence-corrected chi connectivity index (χ1v) is 15.7. The van der Waals surface area contributed by atoms with Crippen LogP contribution in [-0.4, -0.2) is 0 Å². The number of hydrogen-bond donors (Lipinski definition) is 2. The highest BCUT2D eigenvalue weighted by Crippen LogP contribution is 2.28. The van der Waals surface area contributed by atoms with Gasteiger partial charge in [-0.2, -0.15) is 0 Å². The lowest BCUT2D eigenvalue weighted by Crippen LogP contribution is -2.26. The average molecular weight is 577 g/mol. The van der Waals surface area contributed by atoms with Gasteiger partial charge < -0.3 is 5.73 Å². The summed E-state index contributed by atoms with van der Waals surface area (Å²) >= 11 is 0. The van der Waals surface area contributed by atoms with Crippen molar-refractivity contribution in [1.29, 1.82) is 0 Å². The number of unbranched alkanes of at least 4 members (excludes halogenated alkanes) is 1. The van der Waals surface area contributed by atoms with Gasteiger partial charge in [0.15, 0.2) is 0 Å². The SMILES string of the molecule is C=C(C)C(NC(/C=C(\C)c1ccc(CCCCc2ccc(-c3ccc(N)cc3)cc2)cc1)c1ccccc1)c1ccccc1. The van der Waals surface area contributed by atoms with Crippen molar-refractivity contribution in [2.24, 2.45) is 0 Å². The van der Waals surface area contributed by atoms with Crippen LogP contribution in [0.15, 0.2) is 152 Å². The molecule has 3 N–H and O–H groups in total. The van der Waals surface area contributed by atoms with Gasteiger partial charge in [0.2, 0.25) is 0 Å². The van der Waals surface area contributed by atoms with Gasteiger partial charge in [0.25, 0.3) is 0 Å². The van der Waals surface area contributed by atoms with Crippen LogP contribution in [-0.2, 0) is 12.8 Å². The van der Waals surface area contributed by atoms with E-state index in [0.717, 1.165) is 24.1 Å². The summed E-state index contributed by atoms with van der Waals surface area (Å²) in [4.78, 5) is 0. The number of nitrogen functional groups attached to an aromatic ring is 1. The summed E-state index contributed by atoms with van der Waals surface area (Å²) in [6.45, 7) is 8.61. The summed E-state index contributed by atoms with van der Waals surface area (Å²) in [7, 11) is 0. The summed E-state index contributed by atoms with van der Waals surface area (Å²) in [6, 6.07) is 47.5. The molecule has 2 unspecified atom stereocenters. The van der Waals surface area contributed by atoms with Gasteiger partial charge in [0.1, 0.15) is 0 Å². The third kappa shape index (κ3) is 8.46. The van der Waals surface area contributed by atoms with E-state index in [1.54, 1.807) is 0 Å². The van der Waals surface area contributed by atoms with Crippen LogP contribution in [0.4, 0.5) is 5.69 Å². The molecule has 5 rings (SSSR count). The second-order valence-corrected chi connectivity index (χ2v) is 11.8. The molecule has 0 aliphatic rings. The summed E-state index contributed by atoms with van der Waals surface area (Å²) in [6.07, 6.45) is 6.90. The lowest BCUT2D eigenvalue weighted by molar-refractivity contribution is 0.546. The smallest absolute Gasteiger partial charge is 0.0537 e. The molecule has 5 aromatic rings. The fraction of sp³-hybridized carbons (Fsp3) is 0.190. The number of benzene rings is 5. The maximum Gasteiger partial charge on any atom is 0.0537 e. The molecule has 0 amide bonds. The number of nitrogens with one attached hydrogen (secondary N) is 1. The molecule has 0 bridgehead atoms. The minimum Gasteiger partial charge on any atom is -0.399 e. The second-order valence-electron chi connectivity index (χ2n) is 11.8. The molecule has 222 valence electrons. The van der Waals surface area contributed by atoms with Crippen LogP contribution in [0, 0.1) is 0 Å². The maximum atomic E-state index is 5.83. The van der Waals surface area contributed by atoms with Crippen molar-refractivity contribution in [3.63, 3.8) is 0 Å². The van der Waals surface area contributed by atoms with Crippen LogP contribution in [0.25, 0.3) is 16.7 Å². The predicted molar refractivity (Wildman–Crippen MR) is 189 cm³/mol. The molecule has 0 fully saturated rings. The van der Waals surface area contributed by atoms with Gasteiger partial charge in [0.05, 0.1) is 12.1 Å². The second kappa shape index (κ2) is 15.2. The molecule has 2 nitrogen and oxygen atoms in total. The Morgan fingerprint density at radius 1 is 0.636 bits per heavy atom. The molecule has 0 aromatic heterocycles. The number of nitrogens with two attached hydrogens (primary N) is 1. The molecule has 5 aromatic carbocycles. The third-order valence-electron chi connectivity index (χ3n) is 8.34. The van der Waals surface area contributed by atoms with Gasteiger partial charge in [-0.15, -0.1) is 0 Å². The van der Waals surface area contributed by atoms with Crippen molar-refractivity contribution in [3.05, 3.63) is 180 Å². The van der Waals surface area contributed by atoms with Gasteiger partial charge in [0, 0.05) is 5.69 Å². The monoisotopic (exact) mass is 576 g/mol. The van der Waals surface area contributed by atoms with E-state index in [2.05, 4.69) is 153 Å². The molecule has 0 aliphatic heterocycles. The number of rotatable bonds is 13. The number of aryl methyl sites for hydroxylation is 2. The quantitative estimate of drug-likeness (QED) is 0.0831. The van der Waals surface area contributed by atoms with Crippen molar-refractivity contribution in [2.75, 3.05) is 5.73 Å². The standard InChI is InChI=1S/C42H44N2/c1-31(2)42(39-16-8-5-9-17-39)44-41(38-14-6-4-7-15-38)30-32(3)35-22-18-33(19-23-35)12-10-11-13-34-20-24-36(25-21-34)37-26-28-40(43)29-27-37/h4-9,14-30,41-42,44H,1,10-13,43H2,2-3H3/b32-30+. The van der Waals surface area contributed by atoms with E-state index in [9.17, 15) is 0 Å². The van der Waals surface area contributed by atoms with Gasteiger partial charge in [-0.3, -0.25) is 5.32 Å². The Hall–Kier alpha value is -4.66. The van der Waals surface area contributed by atoms with Crippen molar-refractivity contribution in [1.82, 2.24) is 5.32 Å². The van der Waals surface area contributed by atoms with Crippen LogP contribution in [0.3, 0.4) is 0 Å². The molecule has 44 heavy (non-hydrogen) atoms. The average Bonchev–Trinajstić information content (AvgIpc) is 3.06. The Kier molecular flexibility index (Phi) is 10.6. The van der Waals surface area contributed by atoms with E-state index in [0.29, 0.717) is 0 Å². The predicted octanol–water partition coefficient (Wildman–Crippen LogP) is 10.6. The van der Waals surface area contributed by atoms with E-state index in [1.807, 2.05) is 12.1 Å². The fourth-order valence-electron chi connectivity index (χ4n) is 5.73. The third-order valence-corrected chi connectivity index (χ3v) is 8.34. The first-order chi connectivity index (χ1) is 21.5. The van der Waals surface area contributed by atoms with Gasteiger partial charge in [-0.05, 0) is 96.2 Å². The minimum atomic E-state index is 0.0540. The molecule has 0 spiro atoms. The largest absolute Gasteiger partial charge is 0.399 e. The van der Waals surface area contributed by atoms with Gasteiger partial charge >= 0.3 is 0 Å². The van der Waals surface area contributed by atoms with Crippen LogP contribution in [0.2, 0.25) is 0 Å². The molecule has 0 radical (unpaired) electrons. The van der Waals surface area contributed by atoms with E-state index >= 15 is 0 Å². The summed E-state index contributed by atoms with van der Waals surface area (Å²) < 4.78 is 0. The number of anilines is 1. The summed E-state index contributed by atoms with van der Waals surface area (Å²) in [5.41, 5.74) is 17.9. The first-order valence-electron chi connectivity index (χ1n) is 15.7. The molecule has 0 saturated carbocycles. The lowest BCUT2D eigenvalue weighted by atomic mass is 9.95. The zero-order chi connectivity index (χ0) is 30.7. The van der Waals surface area contributed by atoms with Crippen LogP contribution >= 0.6 is 0 Å². The van der Waals surface area contributed by atoms with E-state index in [4.69, 9.17) is 5.73 Å². The molecule has 2 atom stereocenters. The van der Waals surface area contributed by atoms with Crippen LogP contribution in [0.5, 0.6) is 0 Å². The molecule has 0 aliphatic carbocycles. The zero-order valence-electron chi connectivity index (χ0n) is 26.0.